The van der Waals surface area contributed by atoms with E-state index in [2.05, 4.69) is 29.2 Å². The first-order chi connectivity index (χ1) is 7.83. The van der Waals surface area contributed by atoms with Gasteiger partial charge in [0.15, 0.2) is 0 Å². The summed E-state index contributed by atoms with van der Waals surface area (Å²) in [6, 6.07) is 0.165. The van der Waals surface area contributed by atoms with Crippen LogP contribution in [0.5, 0.6) is 0 Å². The van der Waals surface area contributed by atoms with Crippen molar-refractivity contribution in [1.29, 1.82) is 0 Å². The lowest BCUT2D eigenvalue weighted by atomic mass is 9.88. The monoisotopic (exact) mass is 222 g/mol. The van der Waals surface area contributed by atoms with Gasteiger partial charge < -0.3 is 0 Å². The van der Waals surface area contributed by atoms with Crippen LogP contribution in [0.1, 0.15) is 51.1 Å². The lowest BCUT2D eigenvalue weighted by Gasteiger charge is -2.25. The van der Waals surface area contributed by atoms with E-state index in [-0.39, 0.29) is 6.04 Å². The molecule has 0 saturated heterocycles. The molecular formula is C12H22N4. The van der Waals surface area contributed by atoms with E-state index < -0.39 is 0 Å². The molecule has 0 fully saturated rings. The van der Waals surface area contributed by atoms with Gasteiger partial charge in [0.25, 0.3) is 0 Å². The Hall–Kier alpha value is -1.00. The second-order valence-electron chi connectivity index (χ2n) is 4.13. The van der Waals surface area contributed by atoms with Gasteiger partial charge in [0, 0.05) is 18.0 Å². The highest BCUT2D eigenvalue weighted by atomic mass is 15.2. The lowest BCUT2D eigenvalue weighted by molar-refractivity contribution is 0.325. The third-order valence-electron chi connectivity index (χ3n) is 3.04. The van der Waals surface area contributed by atoms with Gasteiger partial charge in [-0.1, -0.05) is 33.1 Å². The molecule has 0 aromatic carbocycles. The van der Waals surface area contributed by atoms with Crippen LogP contribution in [-0.4, -0.2) is 9.97 Å². The van der Waals surface area contributed by atoms with Crippen LogP contribution in [0.25, 0.3) is 0 Å². The second-order valence-corrected chi connectivity index (χ2v) is 4.13. The van der Waals surface area contributed by atoms with Crippen LogP contribution in [-0.2, 0) is 0 Å². The maximum atomic E-state index is 5.65. The molecule has 2 unspecified atom stereocenters. The Morgan fingerprint density at radius 2 is 2.00 bits per heavy atom. The number of nitrogens with one attached hydrogen (secondary N) is 1. The second kappa shape index (κ2) is 7.30. The summed E-state index contributed by atoms with van der Waals surface area (Å²) >= 11 is 0. The number of rotatable bonds is 7. The number of unbranched alkanes of at least 4 members (excludes halogenated alkanes) is 1. The van der Waals surface area contributed by atoms with Crippen molar-refractivity contribution in [2.75, 3.05) is 0 Å². The molecule has 0 aliphatic heterocycles. The van der Waals surface area contributed by atoms with E-state index in [9.17, 15) is 0 Å². The van der Waals surface area contributed by atoms with Gasteiger partial charge in [-0.25, -0.2) is 9.97 Å². The average Bonchev–Trinajstić information content (AvgIpc) is 2.35. The van der Waals surface area contributed by atoms with Crippen LogP contribution in [0, 0.1) is 5.92 Å². The van der Waals surface area contributed by atoms with Crippen molar-refractivity contribution in [2.24, 2.45) is 11.8 Å². The molecule has 1 aromatic heterocycles. The molecule has 0 saturated carbocycles. The maximum absolute atomic E-state index is 5.65. The van der Waals surface area contributed by atoms with E-state index in [0.29, 0.717) is 5.92 Å². The summed E-state index contributed by atoms with van der Waals surface area (Å²) in [5, 5.41) is 0. The molecule has 4 nitrogen and oxygen atoms in total. The minimum atomic E-state index is 0.165. The van der Waals surface area contributed by atoms with E-state index in [1.54, 1.807) is 6.33 Å². The van der Waals surface area contributed by atoms with Crippen LogP contribution in [0.2, 0.25) is 0 Å². The first-order valence-electron chi connectivity index (χ1n) is 6.04. The van der Waals surface area contributed by atoms with Crippen LogP contribution < -0.4 is 11.3 Å². The Labute approximate surface area is 97.7 Å². The van der Waals surface area contributed by atoms with Gasteiger partial charge in [0.1, 0.15) is 6.33 Å². The van der Waals surface area contributed by atoms with Gasteiger partial charge in [-0.2, -0.15) is 0 Å². The Kier molecular flexibility index (Phi) is 5.96. The Morgan fingerprint density at radius 1 is 1.31 bits per heavy atom. The van der Waals surface area contributed by atoms with Crippen molar-refractivity contribution in [3.63, 3.8) is 0 Å². The summed E-state index contributed by atoms with van der Waals surface area (Å²) in [7, 11) is 0. The highest BCUT2D eigenvalue weighted by Crippen LogP contribution is 2.27. The highest BCUT2D eigenvalue weighted by Gasteiger charge is 2.20. The third kappa shape index (κ3) is 3.54. The molecule has 0 aliphatic rings. The number of nitrogens with two attached hydrogens (primary N) is 1. The number of hydrazine groups is 1. The van der Waals surface area contributed by atoms with Crippen molar-refractivity contribution in [1.82, 2.24) is 15.4 Å². The highest BCUT2D eigenvalue weighted by molar-refractivity contribution is 5.10. The molecule has 3 N–H and O–H groups in total. The number of nitrogens with zero attached hydrogens (tertiary/aromatic N) is 2. The summed E-state index contributed by atoms with van der Waals surface area (Å²) in [6.07, 6.45) is 9.99. The predicted octanol–water partition coefficient (Wildman–Crippen LogP) is 2.20. The molecule has 16 heavy (non-hydrogen) atoms. The summed E-state index contributed by atoms with van der Waals surface area (Å²) in [4.78, 5) is 8.09. The summed E-state index contributed by atoms with van der Waals surface area (Å²) in [6.45, 7) is 4.41. The van der Waals surface area contributed by atoms with E-state index in [0.717, 1.165) is 12.0 Å². The SMILES string of the molecule is CCCCC(CC)C(NN)c1cncnc1. The standard InChI is InChI=1S/C12H22N4/c1-3-5-6-10(4-2)12(16-13)11-7-14-9-15-8-11/h7-10,12,16H,3-6,13H2,1-2H3. The first-order valence-corrected chi connectivity index (χ1v) is 6.04. The maximum Gasteiger partial charge on any atom is 0.115 e. The van der Waals surface area contributed by atoms with Crippen LogP contribution in [0.4, 0.5) is 0 Å². The van der Waals surface area contributed by atoms with E-state index in [1.165, 1.54) is 19.3 Å². The van der Waals surface area contributed by atoms with Gasteiger partial charge in [-0.3, -0.25) is 11.3 Å². The zero-order valence-corrected chi connectivity index (χ0v) is 10.2. The molecule has 90 valence electrons. The minimum absolute atomic E-state index is 0.165. The van der Waals surface area contributed by atoms with Gasteiger partial charge >= 0.3 is 0 Å². The molecule has 4 heteroatoms. The molecule has 2 atom stereocenters. The predicted molar refractivity (Wildman–Crippen MR) is 65.4 cm³/mol. The fourth-order valence-corrected chi connectivity index (χ4v) is 2.05. The number of aromatic nitrogens is 2. The van der Waals surface area contributed by atoms with Crippen LogP contribution in [0.15, 0.2) is 18.7 Å². The van der Waals surface area contributed by atoms with Gasteiger partial charge in [0.2, 0.25) is 0 Å². The van der Waals surface area contributed by atoms with Crippen molar-refractivity contribution < 1.29 is 0 Å². The lowest BCUT2D eigenvalue weighted by Crippen LogP contribution is -2.33. The fraction of sp³-hybridized carbons (Fsp3) is 0.667. The molecular weight excluding hydrogens is 200 g/mol. The van der Waals surface area contributed by atoms with Crippen molar-refractivity contribution >= 4 is 0 Å². The first kappa shape index (κ1) is 13.1. The van der Waals surface area contributed by atoms with Gasteiger partial charge in [0.05, 0.1) is 6.04 Å². The average molecular weight is 222 g/mol. The third-order valence-corrected chi connectivity index (χ3v) is 3.04. The Bertz CT molecular complexity index is 276. The van der Waals surface area contributed by atoms with E-state index in [1.807, 2.05) is 12.4 Å². The van der Waals surface area contributed by atoms with Crippen molar-refractivity contribution in [3.05, 3.63) is 24.3 Å². The quantitative estimate of drug-likeness (QED) is 0.548. The molecule has 0 spiro atoms. The van der Waals surface area contributed by atoms with Crippen LogP contribution >= 0.6 is 0 Å². The minimum Gasteiger partial charge on any atom is -0.271 e. The Balaban J connectivity index is 2.71. The number of hydrogen-bond donors (Lipinski definition) is 2. The molecule has 0 aliphatic carbocycles. The van der Waals surface area contributed by atoms with Crippen molar-refractivity contribution in [2.45, 2.75) is 45.6 Å². The zero-order chi connectivity index (χ0) is 11.8. The smallest absolute Gasteiger partial charge is 0.115 e. The van der Waals surface area contributed by atoms with Crippen molar-refractivity contribution in [3.8, 4) is 0 Å². The van der Waals surface area contributed by atoms with Gasteiger partial charge in [-0.15, -0.1) is 0 Å². The van der Waals surface area contributed by atoms with Crippen LogP contribution in [0.3, 0.4) is 0 Å². The fourth-order valence-electron chi connectivity index (χ4n) is 2.05. The number of hydrogen-bond acceptors (Lipinski definition) is 4. The summed E-state index contributed by atoms with van der Waals surface area (Å²) in [5.41, 5.74) is 3.98. The molecule has 0 amide bonds. The molecule has 1 aromatic rings. The van der Waals surface area contributed by atoms with Gasteiger partial charge in [-0.05, 0) is 12.3 Å². The normalized spacial score (nSPS) is 14.7. The largest absolute Gasteiger partial charge is 0.271 e. The van der Waals surface area contributed by atoms with E-state index >= 15 is 0 Å². The zero-order valence-electron chi connectivity index (χ0n) is 10.2. The summed E-state index contributed by atoms with van der Waals surface area (Å²) < 4.78 is 0. The Morgan fingerprint density at radius 3 is 2.50 bits per heavy atom. The molecule has 1 rings (SSSR count). The van der Waals surface area contributed by atoms with E-state index in [4.69, 9.17) is 5.84 Å². The topological polar surface area (TPSA) is 63.8 Å². The molecule has 1 heterocycles. The summed E-state index contributed by atoms with van der Waals surface area (Å²) in [5.74, 6) is 6.20. The molecule has 0 radical (unpaired) electrons. The molecule has 0 bridgehead atoms.